The van der Waals surface area contributed by atoms with Gasteiger partial charge in [-0.05, 0) is 30.3 Å². The van der Waals surface area contributed by atoms with Gasteiger partial charge in [-0.2, -0.15) is 0 Å². The largest absolute Gasteiger partial charge is 0.507 e. The highest BCUT2D eigenvalue weighted by Gasteiger charge is 2.23. The zero-order chi connectivity index (χ0) is 20.5. The predicted octanol–water partition coefficient (Wildman–Crippen LogP) is 3.63. The first-order chi connectivity index (χ1) is 14.0. The first-order valence-corrected chi connectivity index (χ1v) is 9.46. The van der Waals surface area contributed by atoms with Crippen molar-refractivity contribution in [2.45, 2.75) is 0 Å². The average molecular weight is 413 g/mol. The van der Waals surface area contributed by atoms with Crippen LogP contribution in [0.15, 0.2) is 49.3 Å². The minimum Gasteiger partial charge on any atom is -0.507 e. The number of carbonyl (C=O) groups excluding carboxylic acids is 1. The second-order valence-electron chi connectivity index (χ2n) is 6.70. The van der Waals surface area contributed by atoms with E-state index in [2.05, 4.69) is 21.4 Å². The molecule has 1 aliphatic rings. The number of rotatable bonds is 3. The van der Waals surface area contributed by atoms with Gasteiger partial charge < -0.3 is 14.9 Å². The van der Waals surface area contributed by atoms with Crippen LogP contribution in [0.5, 0.6) is 5.75 Å². The normalized spacial score (nSPS) is 14.3. The molecule has 2 heterocycles. The van der Waals surface area contributed by atoms with Crippen LogP contribution in [-0.4, -0.2) is 52.1 Å². The van der Waals surface area contributed by atoms with Gasteiger partial charge in [0.15, 0.2) is 0 Å². The molecule has 1 aromatic heterocycles. The van der Waals surface area contributed by atoms with Crippen molar-refractivity contribution in [3.05, 3.63) is 60.2 Å². The quantitative estimate of drug-likeness (QED) is 0.665. The smallest absolute Gasteiger partial charge is 0.246 e. The summed E-state index contributed by atoms with van der Waals surface area (Å²) in [4.78, 5) is 24.3. The van der Waals surface area contributed by atoms with Gasteiger partial charge in [-0.1, -0.05) is 24.2 Å². The number of hydrogen-bond acceptors (Lipinski definition) is 5. The van der Waals surface area contributed by atoms with Gasteiger partial charge in [0.05, 0.1) is 11.1 Å². The van der Waals surface area contributed by atoms with E-state index in [1.807, 2.05) is 0 Å². The number of halogens is 2. The Bertz CT molecular complexity index is 1090. The monoisotopic (exact) mass is 412 g/mol. The number of aromatic hydroxyl groups is 1. The number of fused-ring (bicyclic) bond motifs is 1. The van der Waals surface area contributed by atoms with Gasteiger partial charge in [-0.15, -0.1) is 0 Å². The molecule has 1 N–H and O–H groups in total. The van der Waals surface area contributed by atoms with Crippen molar-refractivity contribution >= 4 is 34.2 Å². The topological polar surface area (TPSA) is 69.6 Å². The highest BCUT2D eigenvalue weighted by atomic mass is 35.5. The zero-order valence-corrected chi connectivity index (χ0v) is 16.2. The summed E-state index contributed by atoms with van der Waals surface area (Å²) in [5.74, 6) is -0.145. The van der Waals surface area contributed by atoms with E-state index in [1.165, 1.54) is 30.6 Å². The summed E-state index contributed by atoms with van der Waals surface area (Å²) < 4.78 is 14.3. The number of phenols is 1. The summed E-state index contributed by atoms with van der Waals surface area (Å²) in [5.41, 5.74) is 0.985. The van der Waals surface area contributed by atoms with Crippen LogP contribution >= 0.6 is 11.6 Å². The lowest BCUT2D eigenvalue weighted by Gasteiger charge is -2.35. The van der Waals surface area contributed by atoms with Crippen molar-refractivity contribution in [2.24, 2.45) is 0 Å². The van der Waals surface area contributed by atoms with Gasteiger partial charge in [0.2, 0.25) is 5.91 Å². The summed E-state index contributed by atoms with van der Waals surface area (Å²) in [5, 5.41) is 11.1. The zero-order valence-electron chi connectivity index (χ0n) is 15.5. The molecule has 1 amide bonds. The van der Waals surface area contributed by atoms with Gasteiger partial charge in [0.25, 0.3) is 0 Å². The SMILES string of the molecule is C=CC(=O)N1CCN(c2ncnc3cc(-c4c(O)cccc4F)c(Cl)cc23)CC1. The van der Waals surface area contributed by atoms with Crippen LogP contribution in [0.1, 0.15) is 0 Å². The second kappa shape index (κ2) is 7.67. The van der Waals surface area contributed by atoms with E-state index in [0.717, 1.165) is 5.39 Å². The summed E-state index contributed by atoms with van der Waals surface area (Å²) in [6, 6.07) is 7.45. The van der Waals surface area contributed by atoms with Gasteiger partial charge in [-0.25, -0.2) is 14.4 Å². The van der Waals surface area contributed by atoms with E-state index in [9.17, 15) is 14.3 Å². The molecule has 0 radical (unpaired) electrons. The summed E-state index contributed by atoms with van der Waals surface area (Å²) in [6.45, 7) is 5.87. The van der Waals surface area contributed by atoms with E-state index in [1.54, 1.807) is 17.0 Å². The van der Waals surface area contributed by atoms with Crippen molar-refractivity contribution < 1.29 is 14.3 Å². The fourth-order valence-electron chi connectivity index (χ4n) is 3.55. The summed E-state index contributed by atoms with van der Waals surface area (Å²) in [6.07, 6.45) is 2.76. The molecule has 1 fully saturated rings. The fraction of sp³-hybridized carbons (Fsp3) is 0.190. The van der Waals surface area contributed by atoms with Crippen LogP contribution in [0.4, 0.5) is 10.2 Å². The molecule has 1 aliphatic heterocycles. The van der Waals surface area contributed by atoms with Crippen molar-refractivity contribution in [2.75, 3.05) is 31.1 Å². The molecule has 0 saturated carbocycles. The maximum absolute atomic E-state index is 14.3. The molecular weight excluding hydrogens is 395 g/mol. The highest BCUT2D eigenvalue weighted by molar-refractivity contribution is 6.34. The summed E-state index contributed by atoms with van der Waals surface area (Å²) >= 11 is 6.46. The lowest BCUT2D eigenvalue weighted by molar-refractivity contribution is -0.126. The second-order valence-corrected chi connectivity index (χ2v) is 7.10. The molecule has 8 heteroatoms. The van der Waals surface area contributed by atoms with Crippen LogP contribution in [0, 0.1) is 5.82 Å². The molecule has 1 saturated heterocycles. The Labute approximate surface area is 171 Å². The molecular formula is C21H18ClFN4O2. The maximum Gasteiger partial charge on any atom is 0.246 e. The molecule has 0 spiro atoms. The van der Waals surface area contributed by atoms with Gasteiger partial charge in [0, 0.05) is 42.2 Å². The minimum absolute atomic E-state index is 0.0381. The third kappa shape index (κ3) is 3.49. The van der Waals surface area contributed by atoms with Crippen molar-refractivity contribution in [1.82, 2.24) is 14.9 Å². The number of amides is 1. The standard InChI is InChI=1S/C21H18ClFN4O2/c1-2-19(29)26-6-8-27(9-7-26)21-14-10-15(22)13(11-17(14)24-12-25-21)20-16(23)4-3-5-18(20)28/h2-5,10-12,28H,1,6-9H2. The lowest BCUT2D eigenvalue weighted by Crippen LogP contribution is -2.48. The third-order valence-corrected chi connectivity index (χ3v) is 5.34. The lowest BCUT2D eigenvalue weighted by atomic mass is 10.0. The number of nitrogens with zero attached hydrogens (tertiary/aromatic N) is 4. The Morgan fingerprint density at radius 3 is 2.66 bits per heavy atom. The summed E-state index contributed by atoms with van der Waals surface area (Å²) in [7, 11) is 0. The van der Waals surface area contributed by atoms with Crippen LogP contribution in [-0.2, 0) is 4.79 Å². The Kier molecular flexibility index (Phi) is 5.07. The number of piperazine rings is 1. The van der Waals surface area contributed by atoms with Crippen LogP contribution in [0.3, 0.4) is 0 Å². The van der Waals surface area contributed by atoms with Crippen LogP contribution in [0.25, 0.3) is 22.0 Å². The Balaban J connectivity index is 1.73. The molecule has 0 aliphatic carbocycles. The van der Waals surface area contributed by atoms with Gasteiger partial charge in [0.1, 0.15) is 23.7 Å². The number of anilines is 1. The number of hydrogen-bond donors (Lipinski definition) is 1. The molecule has 0 unspecified atom stereocenters. The number of carbonyl (C=O) groups is 1. The molecule has 6 nitrogen and oxygen atoms in total. The Morgan fingerprint density at radius 1 is 1.21 bits per heavy atom. The van der Waals surface area contributed by atoms with Crippen molar-refractivity contribution in [1.29, 1.82) is 0 Å². The van der Waals surface area contributed by atoms with Crippen LogP contribution < -0.4 is 4.90 Å². The van der Waals surface area contributed by atoms with Crippen molar-refractivity contribution in [3.8, 4) is 16.9 Å². The molecule has 3 aromatic rings. The first-order valence-electron chi connectivity index (χ1n) is 9.08. The van der Waals surface area contributed by atoms with E-state index in [-0.39, 0.29) is 22.2 Å². The third-order valence-electron chi connectivity index (χ3n) is 5.03. The average Bonchev–Trinajstić information content (AvgIpc) is 2.73. The van der Waals surface area contributed by atoms with Crippen LogP contribution in [0.2, 0.25) is 5.02 Å². The molecule has 0 atom stereocenters. The van der Waals surface area contributed by atoms with Gasteiger partial charge in [-0.3, -0.25) is 4.79 Å². The number of phenolic OH excluding ortho intramolecular Hbond substituents is 1. The van der Waals surface area contributed by atoms with E-state index in [4.69, 9.17) is 11.6 Å². The molecule has 0 bridgehead atoms. The van der Waals surface area contributed by atoms with Gasteiger partial charge >= 0.3 is 0 Å². The number of benzene rings is 2. The van der Waals surface area contributed by atoms with Crippen molar-refractivity contribution in [3.63, 3.8) is 0 Å². The maximum atomic E-state index is 14.3. The Hall–Kier alpha value is -3.19. The van der Waals surface area contributed by atoms with E-state index < -0.39 is 5.82 Å². The number of aromatic nitrogens is 2. The van der Waals surface area contributed by atoms with E-state index >= 15 is 0 Å². The molecule has 29 heavy (non-hydrogen) atoms. The first kappa shape index (κ1) is 19.1. The molecule has 4 rings (SSSR count). The predicted molar refractivity (Wildman–Crippen MR) is 111 cm³/mol. The highest BCUT2D eigenvalue weighted by Crippen LogP contribution is 2.39. The van der Waals surface area contributed by atoms with E-state index in [0.29, 0.717) is 43.1 Å². The molecule has 2 aromatic carbocycles. The fourth-order valence-corrected chi connectivity index (χ4v) is 3.81. The Morgan fingerprint density at radius 2 is 1.97 bits per heavy atom. The minimum atomic E-state index is -0.566. The molecule has 148 valence electrons.